The number of aliphatic hydroxyl groups is 1. The first-order valence-electron chi connectivity index (χ1n) is 8.95. The summed E-state index contributed by atoms with van der Waals surface area (Å²) in [6, 6.07) is 5.46. The molecule has 1 aromatic rings. The van der Waals surface area contributed by atoms with Gasteiger partial charge in [-0.2, -0.15) is 0 Å². The van der Waals surface area contributed by atoms with E-state index in [2.05, 4.69) is 5.32 Å². The van der Waals surface area contributed by atoms with Crippen molar-refractivity contribution in [3.8, 4) is 0 Å². The number of carbonyl (C=O) groups is 1. The fraction of sp³-hybridized carbons (Fsp3) is 0.611. The van der Waals surface area contributed by atoms with Crippen LogP contribution in [0.2, 0.25) is 0 Å². The lowest BCUT2D eigenvalue weighted by molar-refractivity contribution is -0.485. The molecule has 1 fully saturated rings. The van der Waals surface area contributed by atoms with Gasteiger partial charge in [0, 0.05) is 35.1 Å². The summed E-state index contributed by atoms with van der Waals surface area (Å²) in [6.07, 6.45) is 0.462. The predicted molar refractivity (Wildman–Crippen MR) is 99.6 cm³/mol. The molecule has 1 saturated carbocycles. The highest BCUT2D eigenvalue weighted by Gasteiger charge is 2.54. The first kappa shape index (κ1) is 21.5. The SMILES string of the molecule is CC(C)(C)OC(=O)NC1([C@H](CO)[C@H](C[N+](=O)[O-])c2ccc([N+](=O)[O-])cc2)CC1. The van der Waals surface area contributed by atoms with Gasteiger partial charge in [0.05, 0.1) is 10.8 Å². The maximum absolute atomic E-state index is 12.2. The second-order valence-corrected chi connectivity index (χ2v) is 8.04. The molecular weight excluding hydrogens is 370 g/mol. The van der Waals surface area contributed by atoms with Crippen LogP contribution in [0.4, 0.5) is 10.5 Å². The molecule has 154 valence electrons. The van der Waals surface area contributed by atoms with E-state index in [1.54, 1.807) is 20.8 Å². The van der Waals surface area contributed by atoms with Crippen LogP contribution in [-0.2, 0) is 4.74 Å². The summed E-state index contributed by atoms with van der Waals surface area (Å²) < 4.78 is 5.28. The largest absolute Gasteiger partial charge is 0.444 e. The topological polar surface area (TPSA) is 145 Å². The number of amides is 1. The second kappa shape index (κ2) is 8.09. The van der Waals surface area contributed by atoms with Crippen LogP contribution in [0.15, 0.2) is 24.3 Å². The van der Waals surface area contributed by atoms with Crippen molar-refractivity contribution in [1.82, 2.24) is 5.32 Å². The van der Waals surface area contributed by atoms with Crippen LogP contribution in [-0.4, -0.2) is 45.3 Å². The maximum atomic E-state index is 12.2. The summed E-state index contributed by atoms with van der Waals surface area (Å²) in [7, 11) is 0. The number of rotatable bonds is 8. The number of nitro groups is 2. The summed E-state index contributed by atoms with van der Waals surface area (Å²) >= 11 is 0. The van der Waals surface area contributed by atoms with Crippen molar-refractivity contribution >= 4 is 11.8 Å². The molecule has 0 aliphatic heterocycles. The number of non-ortho nitro benzene ring substituents is 1. The van der Waals surface area contributed by atoms with E-state index < -0.39 is 45.5 Å². The van der Waals surface area contributed by atoms with Crippen molar-refractivity contribution in [3.05, 3.63) is 50.1 Å². The third kappa shape index (κ3) is 5.38. The number of nitrogens with one attached hydrogen (secondary N) is 1. The maximum Gasteiger partial charge on any atom is 0.408 e. The lowest BCUT2D eigenvalue weighted by Gasteiger charge is -2.32. The monoisotopic (exact) mass is 395 g/mol. The third-order valence-corrected chi connectivity index (χ3v) is 4.81. The molecule has 28 heavy (non-hydrogen) atoms. The summed E-state index contributed by atoms with van der Waals surface area (Å²) in [5.41, 5.74) is -1.14. The van der Waals surface area contributed by atoms with Crippen molar-refractivity contribution in [2.24, 2.45) is 5.92 Å². The van der Waals surface area contributed by atoms with E-state index in [-0.39, 0.29) is 12.3 Å². The molecule has 1 aromatic carbocycles. The minimum atomic E-state index is -0.806. The predicted octanol–water partition coefficient (Wildman–Crippen LogP) is 2.62. The van der Waals surface area contributed by atoms with Crippen molar-refractivity contribution in [3.63, 3.8) is 0 Å². The Kier molecular flexibility index (Phi) is 6.23. The molecule has 1 aliphatic rings. The number of nitrogens with zero attached hydrogens (tertiary/aromatic N) is 2. The normalized spacial score (nSPS) is 17.3. The molecule has 0 saturated heterocycles. The number of benzene rings is 1. The van der Waals surface area contributed by atoms with Gasteiger partial charge in [-0.3, -0.25) is 20.2 Å². The van der Waals surface area contributed by atoms with Crippen LogP contribution < -0.4 is 5.32 Å². The van der Waals surface area contributed by atoms with E-state index in [4.69, 9.17) is 4.74 Å². The fourth-order valence-electron chi connectivity index (χ4n) is 3.39. The fourth-order valence-corrected chi connectivity index (χ4v) is 3.39. The van der Waals surface area contributed by atoms with Crippen LogP contribution in [0.25, 0.3) is 0 Å². The Labute approximate surface area is 162 Å². The van der Waals surface area contributed by atoms with Crippen LogP contribution in [0.5, 0.6) is 0 Å². The number of carbonyl (C=O) groups excluding carboxylic acids is 1. The van der Waals surface area contributed by atoms with Crippen molar-refractivity contribution in [2.75, 3.05) is 13.2 Å². The van der Waals surface area contributed by atoms with Crippen molar-refractivity contribution in [1.29, 1.82) is 0 Å². The Bertz CT molecular complexity index is 739. The van der Waals surface area contributed by atoms with Gasteiger partial charge in [-0.25, -0.2) is 4.79 Å². The third-order valence-electron chi connectivity index (χ3n) is 4.81. The highest BCUT2D eigenvalue weighted by Crippen LogP contribution is 2.48. The molecule has 0 heterocycles. The number of hydrogen-bond donors (Lipinski definition) is 2. The average Bonchev–Trinajstić information content (AvgIpc) is 3.32. The molecule has 0 bridgehead atoms. The lowest BCUT2D eigenvalue weighted by Crippen LogP contribution is -2.48. The van der Waals surface area contributed by atoms with E-state index in [1.165, 1.54) is 24.3 Å². The van der Waals surface area contributed by atoms with Crippen molar-refractivity contribution in [2.45, 2.75) is 50.7 Å². The van der Waals surface area contributed by atoms with E-state index >= 15 is 0 Å². The molecule has 2 rings (SSSR count). The van der Waals surface area contributed by atoms with Crippen LogP contribution in [0, 0.1) is 26.1 Å². The van der Waals surface area contributed by atoms with Gasteiger partial charge >= 0.3 is 6.09 Å². The minimum Gasteiger partial charge on any atom is -0.444 e. The van der Waals surface area contributed by atoms with Gasteiger partial charge in [-0.15, -0.1) is 0 Å². The van der Waals surface area contributed by atoms with Crippen molar-refractivity contribution < 1.29 is 24.5 Å². The molecule has 10 heteroatoms. The van der Waals surface area contributed by atoms with Gasteiger partial charge < -0.3 is 15.2 Å². The molecule has 0 unspecified atom stereocenters. The first-order valence-corrected chi connectivity index (χ1v) is 8.95. The standard InChI is InChI=1S/C18H25N3O7/c1-17(2,3)28-16(23)19-18(8-9-18)15(11-22)14(10-20(24)25)12-4-6-13(7-5-12)21(26)27/h4-7,14-15,22H,8-11H2,1-3H3,(H,19,23)/t14-,15-/m1/s1. The molecule has 0 spiro atoms. The van der Waals surface area contributed by atoms with Gasteiger partial charge in [0.25, 0.3) is 5.69 Å². The molecule has 2 N–H and O–H groups in total. The summed E-state index contributed by atoms with van der Waals surface area (Å²) in [6.45, 7) is 4.32. The van der Waals surface area contributed by atoms with Crippen LogP contribution in [0.3, 0.4) is 0 Å². The second-order valence-electron chi connectivity index (χ2n) is 8.04. The van der Waals surface area contributed by atoms with Gasteiger partial charge in [0.1, 0.15) is 5.60 Å². The van der Waals surface area contributed by atoms with Crippen LogP contribution in [0.1, 0.15) is 45.1 Å². The summed E-state index contributed by atoms with van der Waals surface area (Å²) in [5.74, 6) is -1.36. The number of hydrogen-bond acceptors (Lipinski definition) is 7. The average molecular weight is 395 g/mol. The highest BCUT2D eigenvalue weighted by atomic mass is 16.6. The quantitative estimate of drug-likeness (QED) is 0.508. The molecule has 10 nitrogen and oxygen atoms in total. The van der Waals surface area contributed by atoms with E-state index in [1.807, 2.05) is 0 Å². The van der Waals surface area contributed by atoms with Gasteiger partial charge in [-0.1, -0.05) is 12.1 Å². The highest BCUT2D eigenvalue weighted by molar-refractivity contribution is 5.69. The number of nitro benzene ring substituents is 1. The molecule has 2 atom stereocenters. The van der Waals surface area contributed by atoms with E-state index in [0.717, 1.165) is 0 Å². The number of alkyl carbamates (subject to hydrolysis) is 1. The minimum absolute atomic E-state index is 0.128. The van der Waals surface area contributed by atoms with Crippen LogP contribution >= 0.6 is 0 Å². The molecular formula is C18H25N3O7. The van der Waals surface area contributed by atoms with E-state index in [0.29, 0.717) is 18.4 Å². The summed E-state index contributed by atoms with van der Waals surface area (Å²) in [5, 5.41) is 34.9. The number of ether oxygens (including phenoxy) is 1. The molecule has 0 aromatic heterocycles. The molecule has 1 amide bonds. The number of aliphatic hydroxyl groups excluding tert-OH is 1. The summed E-state index contributed by atoms with van der Waals surface area (Å²) in [4.78, 5) is 33.3. The Balaban J connectivity index is 2.28. The molecule has 0 radical (unpaired) electrons. The zero-order chi connectivity index (χ0) is 21.1. The Morgan fingerprint density at radius 3 is 2.21 bits per heavy atom. The van der Waals surface area contributed by atoms with Gasteiger partial charge in [-0.05, 0) is 39.2 Å². The Hall–Kier alpha value is -2.75. The first-order chi connectivity index (χ1) is 13.0. The zero-order valence-electron chi connectivity index (χ0n) is 16.1. The molecule has 1 aliphatic carbocycles. The smallest absolute Gasteiger partial charge is 0.408 e. The van der Waals surface area contributed by atoms with Gasteiger partial charge in [0.2, 0.25) is 6.54 Å². The van der Waals surface area contributed by atoms with E-state index in [9.17, 15) is 30.1 Å². The van der Waals surface area contributed by atoms with Gasteiger partial charge in [0.15, 0.2) is 0 Å². The lowest BCUT2D eigenvalue weighted by atomic mass is 9.80. The zero-order valence-corrected chi connectivity index (χ0v) is 16.1. The Morgan fingerprint density at radius 2 is 1.82 bits per heavy atom. The Morgan fingerprint density at radius 1 is 1.25 bits per heavy atom.